The molecule has 3 fully saturated rings. The van der Waals surface area contributed by atoms with Gasteiger partial charge in [0.1, 0.15) is 11.5 Å². The van der Waals surface area contributed by atoms with Gasteiger partial charge in [-0.15, -0.1) is 0 Å². The summed E-state index contributed by atoms with van der Waals surface area (Å²) in [6, 6.07) is 14.8. The summed E-state index contributed by atoms with van der Waals surface area (Å²) in [7, 11) is 0. The lowest BCUT2D eigenvalue weighted by atomic mass is 9.58. The molecule has 3 N–H and O–H groups in total. The van der Waals surface area contributed by atoms with Crippen LogP contribution in [0.1, 0.15) is 49.7 Å². The minimum atomic E-state index is -0.0981. The molecule has 1 aliphatic heterocycles. The molecule has 2 saturated carbocycles. The van der Waals surface area contributed by atoms with Gasteiger partial charge in [0, 0.05) is 30.6 Å². The number of carbonyl (C=O) groups excluding carboxylic acids is 1. The van der Waals surface area contributed by atoms with E-state index in [1.807, 2.05) is 18.2 Å². The summed E-state index contributed by atoms with van der Waals surface area (Å²) in [5.41, 5.74) is 2.00. The van der Waals surface area contributed by atoms with E-state index < -0.39 is 0 Å². The number of carbonyl (C=O) groups is 1. The first kappa shape index (κ1) is 22.0. The van der Waals surface area contributed by atoms with Gasteiger partial charge in [-0.1, -0.05) is 24.3 Å². The van der Waals surface area contributed by atoms with Crippen LogP contribution in [-0.4, -0.2) is 46.7 Å². The molecule has 3 atom stereocenters. The van der Waals surface area contributed by atoms with Gasteiger partial charge in [-0.2, -0.15) is 0 Å². The largest absolute Gasteiger partial charge is 0.508 e. The number of piperidine rings is 1. The number of nitrogens with zero attached hydrogens (tertiary/aromatic N) is 1. The molecular weight excluding hydrogens is 412 g/mol. The summed E-state index contributed by atoms with van der Waals surface area (Å²) >= 11 is 0. The third-order valence-corrected chi connectivity index (χ3v) is 7.89. The summed E-state index contributed by atoms with van der Waals surface area (Å²) in [6.45, 7) is 3.43. The summed E-state index contributed by atoms with van der Waals surface area (Å²) in [4.78, 5) is 15.3. The van der Waals surface area contributed by atoms with Crippen molar-refractivity contribution in [2.75, 3.05) is 19.6 Å². The van der Waals surface area contributed by atoms with E-state index in [1.54, 1.807) is 36.4 Å². The highest BCUT2D eigenvalue weighted by atomic mass is 16.3. The van der Waals surface area contributed by atoms with E-state index in [9.17, 15) is 15.0 Å². The van der Waals surface area contributed by atoms with Crippen molar-refractivity contribution in [3.63, 3.8) is 0 Å². The fourth-order valence-corrected chi connectivity index (χ4v) is 6.04. The number of aromatic hydroxyl groups is 2. The highest BCUT2D eigenvalue weighted by Crippen LogP contribution is 2.50. The molecule has 0 bridgehead atoms. The SMILES string of the molecule is O=C(C=Cc1cccc(O)c1)N[C@@H]1CC[C@@H]2CN(CC3CC3)CC[C@@]2(c2cccc(O)c2)C1. The maximum absolute atomic E-state index is 12.7. The van der Waals surface area contributed by atoms with Gasteiger partial charge in [-0.3, -0.25) is 4.79 Å². The number of likely N-dealkylation sites (tertiary alicyclic amines) is 1. The number of benzene rings is 2. The summed E-state index contributed by atoms with van der Waals surface area (Å²) in [5.74, 6) is 1.85. The molecule has 0 radical (unpaired) electrons. The molecule has 0 unspecified atom stereocenters. The third kappa shape index (κ3) is 5.09. The maximum atomic E-state index is 12.7. The van der Waals surface area contributed by atoms with Gasteiger partial charge in [-0.05, 0) is 98.4 Å². The van der Waals surface area contributed by atoms with Crippen molar-refractivity contribution in [3.8, 4) is 11.5 Å². The molecule has 2 aliphatic carbocycles. The molecule has 1 heterocycles. The number of nitrogens with one attached hydrogen (secondary N) is 1. The van der Waals surface area contributed by atoms with Gasteiger partial charge in [0.15, 0.2) is 0 Å². The van der Waals surface area contributed by atoms with Crippen LogP contribution in [0.2, 0.25) is 0 Å². The number of amides is 1. The van der Waals surface area contributed by atoms with Crippen molar-refractivity contribution in [1.82, 2.24) is 10.2 Å². The quantitative estimate of drug-likeness (QED) is 0.573. The number of phenolic OH excluding ortho intramolecular Hbond substituents is 2. The van der Waals surface area contributed by atoms with Crippen molar-refractivity contribution < 1.29 is 15.0 Å². The van der Waals surface area contributed by atoms with Crippen molar-refractivity contribution in [2.45, 2.75) is 50.0 Å². The molecular formula is C28H34N2O3. The number of rotatable bonds is 6. The Morgan fingerprint density at radius 1 is 1.06 bits per heavy atom. The first-order valence-corrected chi connectivity index (χ1v) is 12.3. The zero-order chi connectivity index (χ0) is 22.8. The van der Waals surface area contributed by atoms with Crippen LogP contribution in [-0.2, 0) is 10.2 Å². The van der Waals surface area contributed by atoms with Crippen LogP contribution < -0.4 is 5.32 Å². The van der Waals surface area contributed by atoms with Gasteiger partial charge < -0.3 is 20.4 Å². The maximum Gasteiger partial charge on any atom is 0.244 e. The van der Waals surface area contributed by atoms with Crippen LogP contribution in [0.25, 0.3) is 6.08 Å². The van der Waals surface area contributed by atoms with Crippen molar-refractivity contribution in [1.29, 1.82) is 0 Å². The van der Waals surface area contributed by atoms with E-state index >= 15 is 0 Å². The predicted octanol–water partition coefficient (Wildman–Crippen LogP) is 4.45. The second-order valence-electron chi connectivity index (χ2n) is 10.3. The van der Waals surface area contributed by atoms with Crippen LogP contribution in [0.15, 0.2) is 54.6 Å². The molecule has 1 amide bonds. The molecule has 5 nitrogen and oxygen atoms in total. The summed E-state index contributed by atoms with van der Waals surface area (Å²) in [6.07, 6.45) is 10.1. The molecule has 5 rings (SSSR count). The molecule has 3 aliphatic rings. The monoisotopic (exact) mass is 446 g/mol. The smallest absolute Gasteiger partial charge is 0.244 e. The molecule has 174 valence electrons. The highest BCUT2D eigenvalue weighted by Gasteiger charge is 2.48. The first-order chi connectivity index (χ1) is 16.0. The molecule has 33 heavy (non-hydrogen) atoms. The van der Waals surface area contributed by atoms with Crippen LogP contribution >= 0.6 is 0 Å². The van der Waals surface area contributed by atoms with Crippen LogP contribution in [0.3, 0.4) is 0 Å². The van der Waals surface area contributed by atoms with E-state index in [0.29, 0.717) is 11.7 Å². The number of hydrogen-bond acceptors (Lipinski definition) is 4. The van der Waals surface area contributed by atoms with E-state index in [0.717, 1.165) is 50.3 Å². The number of hydrogen-bond donors (Lipinski definition) is 3. The van der Waals surface area contributed by atoms with E-state index in [4.69, 9.17) is 0 Å². The Hall–Kier alpha value is -2.79. The normalized spacial score (nSPS) is 27.9. The second-order valence-corrected chi connectivity index (χ2v) is 10.3. The number of phenols is 2. The molecule has 5 heteroatoms. The van der Waals surface area contributed by atoms with E-state index in [2.05, 4.69) is 16.3 Å². The van der Waals surface area contributed by atoms with Crippen LogP contribution in [0.4, 0.5) is 0 Å². The third-order valence-electron chi connectivity index (χ3n) is 7.89. The van der Waals surface area contributed by atoms with Gasteiger partial charge >= 0.3 is 0 Å². The fraction of sp³-hybridized carbons (Fsp3) is 0.464. The Bertz CT molecular complexity index is 1030. The van der Waals surface area contributed by atoms with E-state index in [1.165, 1.54) is 24.9 Å². The van der Waals surface area contributed by atoms with Gasteiger partial charge in [0.2, 0.25) is 5.91 Å². The van der Waals surface area contributed by atoms with Gasteiger partial charge in [-0.25, -0.2) is 0 Å². The van der Waals surface area contributed by atoms with Crippen molar-refractivity contribution in [3.05, 3.63) is 65.7 Å². The molecule has 1 saturated heterocycles. The minimum absolute atomic E-state index is 0.01000. The lowest BCUT2D eigenvalue weighted by molar-refractivity contribution is -0.117. The second kappa shape index (κ2) is 9.22. The average molecular weight is 447 g/mol. The fourth-order valence-electron chi connectivity index (χ4n) is 6.04. The zero-order valence-electron chi connectivity index (χ0n) is 19.1. The lowest BCUT2D eigenvalue weighted by Crippen LogP contribution is -2.56. The molecule has 0 aromatic heterocycles. The molecule has 2 aromatic rings. The first-order valence-electron chi connectivity index (χ1n) is 12.3. The molecule has 0 spiro atoms. The highest BCUT2D eigenvalue weighted by molar-refractivity contribution is 5.92. The predicted molar refractivity (Wildman–Crippen MR) is 130 cm³/mol. The Labute approximate surface area is 196 Å². The van der Waals surface area contributed by atoms with Crippen molar-refractivity contribution >= 4 is 12.0 Å². The zero-order valence-corrected chi connectivity index (χ0v) is 19.1. The number of fused-ring (bicyclic) bond motifs is 1. The topological polar surface area (TPSA) is 72.8 Å². The summed E-state index contributed by atoms with van der Waals surface area (Å²) < 4.78 is 0. The Morgan fingerprint density at radius 3 is 2.61 bits per heavy atom. The Kier molecular flexibility index (Phi) is 6.15. The van der Waals surface area contributed by atoms with Crippen molar-refractivity contribution in [2.24, 2.45) is 11.8 Å². The summed E-state index contributed by atoms with van der Waals surface area (Å²) in [5, 5.41) is 23.1. The van der Waals surface area contributed by atoms with E-state index in [-0.39, 0.29) is 23.1 Å². The average Bonchev–Trinajstić information content (AvgIpc) is 3.62. The standard InChI is InChI=1S/C28H34N2O3/c31-25-5-1-3-20(15-25)9-12-27(33)29-24-11-10-23-19-30(18-21-7-8-21)14-13-28(23,17-24)22-4-2-6-26(32)16-22/h1-6,9,12,15-16,21,23-24,31-32H,7-8,10-11,13-14,17-19H2,(H,29,33)/t23-,24-,28+/m1/s1. The van der Waals surface area contributed by atoms with Gasteiger partial charge in [0.25, 0.3) is 0 Å². The van der Waals surface area contributed by atoms with Crippen LogP contribution in [0, 0.1) is 11.8 Å². The lowest BCUT2D eigenvalue weighted by Gasteiger charge is -2.53. The minimum Gasteiger partial charge on any atom is -0.508 e. The Balaban J connectivity index is 1.30. The molecule has 2 aromatic carbocycles. The van der Waals surface area contributed by atoms with Crippen LogP contribution in [0.5, 0.6) is 11.5 Å². The van der Waals surface area contributed by atoms with Gasteiger partial charge in [0.05, 0.1) is 0 Å². The Morgan fingerprint density at radius 2 is 1.85 bits per heavy atom.